The molecule has 4 nitrogen and oxygen atoms in total. The van der Waals surface area contributed by atoms with Crippen LogP contribution in [0.15, 0.2) is 24.4 Å². The Morgan fingerprint density at radius 3 is 2.58 bits per heavy atom. The van der Waals surface area contributed by atoms with Crippen molar-refractivity contribution >= 4 is 0 Å². The SMILES string of the molecule is CCOc1cc(C(F)(F)F)n(-c2ccc(C)nc2)n1. The number of hydrogen-bond donors (Lipinski definition) is 0. The van der Waals surface area contributed by atoms with E-state index in [0.717, 1.165) is 16.4 Å². The van der Waals surface area contributed by atoms with Gasteiger partial charge in [-0.2, -0.15) is 13.2 Å². The van der Waals surface area contributed by atoms with Gasteiger partial charge in [0.25, 0.3) is 0 Å². The third-order valence-electron chi connectivity index (χ3n) is 2.41. The van der Waals surface area contributed by atoms with Crippen LogP contribution in [0.5, 0.6) is 5.88 Å². The average Bonchev–Trinajstić information content (AvgIpc) is 2.74. The van der Waals surface area contributed by atoms with Crippen LogP contribution in [0, 0.1) is 6.92 Å². The molecule has 0 aromatic carbocycles. The Morgan fingerprint density at radius 2 is 2.05 bits per heavy atom. The fourth-order valence-corrected chi connectivity index (χ4v) is 1.56. The molecule has 0 saturated carbocycles. The third kappa shape index (κ3) is 2.86. The van der Waals surface area contributed by atoms with Crippen LogP contribution in [0.1, 0.15) is 18.3 Å². The van der Waals surface area contributed by atoms with Gasteiger partial charge in [-0.25, -0.2) is 4.68 Å². The van der Waals surface area contributed by atoms with Crippen molar-refractivity contribution in [3.63, 3.8) is 0 Å². The Bertz CT molecular complexity index is 561. The lowest BCUT2D eigenvalue weighted by Crippen LogP contribution is -2.13. The zero-order valence-electron chi connectivity index (χ0n) is 10.4. The Balaban J connectivity index is 2.51. The summed E-state index contributed by atoms with van der Waals surface area (Å²) in [7, 11) is 0. The van der Waals surface area contributed by atoms with Crippen molar-refractivity contribution in [3.05, 3.63) is 35.8 Å². The van der Waals surface area contributed by atoms with Crippen molar-refractivity contribution in [2.45, 2.75) is 20.0 Å². The molecule has 0 bridgehead atoms. The second-order valence-electron chi connectivity index (χ2n) is 3.87. The smallest absolute Gasteiger partial charge is 0.433 e. The second-order valence-corrected chi connectivity index (χ2v) is 3.87. The van der Waals surface area contributed by atoms with Crippen LogP contribution in [0.25, 0.3) is 5.69 Å². The molecular formula is C12H12F3N3O. The molecule has 0 spiro atoms. The summed E-state index contributed by atoms with van der Waals surface area (Å²) in [5, 5.41) is 3.80. The standard InChI is InChI=1S/C12H12F3N3O/c1-3-19-11-6-10(12(13,14)15)18(17-11)9-5-4-8(2)16-7-9/h4-7H,3H2,1-2H3. The van der Waals surface area contributed by atoms with Crippen molar-refractivity contribution in [3.8, 4) is 11.6 Å². The van der Waals surface area contributed by atoms with Crippen molar-refractivity contribution in [2.75, 3.05) is 6.61 Å². The lowest BCUT2D eigenvalue weighted by Gasteiger charge is -2.09. The number of rotatable bonds is 3. The van der Waals surface area contributed by atoms with Gasteiger partial charge in [0.15, 0.2) is 5.69 Å². The van der Waals surface area contributed by atoms with Gasteiger partial charge in [0.05, 0.1) is 18.5 Å². The summed E-state index contributed by atoms with van der Waals surface area (Å²) in [4.78, 5) is 3.96. The number of halogens is 3. The van der Waals surface area contributed by atoms with E-state index in [1.54, 1.807) is 19.9 Å². The van der Waals surface area contributed by atoms with E-state index in [1.807, 2.05) is 0 Å². The molecule has 0 unspecified atom stereocenters. The molecule has 0 aliphatic carbocycles. The van der Waals surface area contributed by atoms with Gasteiger partial charge in [0.1, 0.15) is 0 Å². The Kier molecular flexibility index (Phi) is 3.46. The number of ether oxygens (including phenoxy) is 1. The predicted octanol–water partition coefficient (Wildman–Crippen LogP) is 2.99. The molecule has 0 radical (unpaired) electrons. The van der Waals surface area contributed by atoms with E-state index >= 15 is 0 Å². The van der Waals surface area contributed by atoms with Crippen LogP contribution in [-0.2, 0) is 6.18 Å². The minimum absolute atomic E-state index is 0.0598. The fourth-order valence-electron chi connectivity index (χ4n) is 1.56. The molecule has 2 aromatic rings. The van der Waals surface area contributed by atoms with E-state index in [-0.39, 0.29) is 18.2 Å². The van der Waals surface area contributed by atoms with E-state index in [1.165, 1.54) is 12.3 Å². The highest BCUT2D eigenvalue weighted by atomic mass is 19.4. The molecule has 102 valence electrons. The van der Waals surface area contributed by atoms with E-state index in [0.29, 0.717) is 0 Å². The first-order chi connectivity index (χ1) is 8.91. The van der Waals surface area contributed by atoms with Crippen molar-refractivity contribution in [1.29, 1.82) is 0 Å². The Morgan fingerprint density at radius 1 is 1.32 bits per heavy atom. The summed E-state index contributed by atoms with van der Waals surface area (Å²) >= 11 is 0. The number of aryl methyl sites for hydroxylation is 1. The highest BCUT2D eigenvalue weighted by Gasteiger charge is 2.36. The maximum Gasteiger partial charge on any atom is 0.433 e. The Hall–Kier alpha value is -2.05. The van der Waals surface area contributed by atoms with Gasteiger partial charge >= 0.3 is 6.18 Å². The molecular weight excluding hydrogens is 259 g/mol. The minimum Gasteiger partial charge on any atom is -0.477 e. The highest BCUT2D eigenvalue weighted by molar-refractivity contribution is 5.34. The van der Waals surface area contributed by atoms with Gasteiger partial charge < -0.3 is 4.74 Å². The zero-order valence-corrected chi connectivity index (χ0v) is 10.4. The molecule has 0 amide bonds. The second kappa shape index (κ2) is 4.91. The molecule has 0 atom stereocenters. The van der Waals surface area contributed by atoms with Gasteiger partial charge in [-0.1, -0.05) is 0 Å². The minimum atomic E-state index is -4.51. The normalized spacial score (nSPS) is 11.6. The molecule has 0 aliphatic heterocycles. The highest BCUT2D eigenvalue weighted by Crippen LogP contribution is 2.33. The molecule has 0 saturated heterocycles. The van der Waals surface area contributed by atoms with Crippen LogP contribution in [0.2, 0.25) is 0 Å². The summed E-state index contributed by atoms with van der Waals surface area (Å²) in [5.74, 6) is -0.0598. The first-order valence-corrected chi connectivity index (χ1v) is 5.65. The van der Waals surface area contributed by atoms with E-state index in [2.05, 4.69) is 10.1 Å². The summed E-state index contributed by atoms with van der Waals surface area (Å²) in [6, 6.07) is 4.03. The van der Waals surface area contributed by atoms with Crippen LogP contribution >= 0.6 is 0 Å². The first kappa shape index (κ1) is 13.4. The summed E-state index contributed by atoms with van der Waals surface area (Å²) in [5.41, 5.74) is 0.0694. The molecule has 19 heavy (non-hydrogen) atoms. The molecule has 0 fully saturated rings. The molecule has 0 aliphatic rings. The van der Waals surface area contributed by atoms with Gasteiger partial charge in [0, 0.05) is 11.8 Å². The van der Waals surface area contributed by atoms with Crippen molar-refractivity contribution in [2.24, 2.45) is 0 Å². The topological polar surface area (TPSA) is 39.9 Å². The Labute approximate surface area is 107 Å². The largest absolute Gasteiger partial charge is 0.477 e. The van der Waals surface area contributed by atoms with Crippen LogP contribution in [0.3, 0.4) is 0 Å². The lowest BCUT2D eigenvalue weighted by atomic mass is 10.3. The third-order valence-corrected chi connectivity index (χ3v) is 2.41. The quantitative estimate of drug-likeness (QED) is 0.861. The summed E-state index contributed by atoms with van der Waals surface area (Å²) in [6.07, 6.45) is -3.17. The van der Waals surface area contributed by atoms with Crippen LogP contribution < -0.4 is 4.74 Å². The molecule has 0 N–H and O–H groups in total. The van der Waals surface area contributed by atoms with Gasteiger partial charge in [-0.05, 0) is 26.0 Å². The average molecular weight is 271 g/mol. The first-order valence-electron chi connectivity index (χ1n) is 5.65. The van der Waals surface area contributed by atoms with Crippen LogP contribution in [-0.4, -0.2) is 21.4 Å². The molecule has 2 aromatic heterocycles. The monoisotopic (exact) mass is 271 g/mol. The fraction of sp³-hybridized carbons (Fsp3) is 0.333. The van der Waals surface area contributed by atoms with Gasteiger partial charge in [-0.15, -0.1) is 5.10 Å². The van der Waals surface area contributed by atoms with E-state index in [4.69, 9.17) is 4.74 Å². The maximum atomic E-state index is 12.9. The molecule has 2 rings (SSSR count). The summed E-state index contributed by atoms with van der Waals surface area (Å²) < 4.78 is 44.6. The summed E-state index contributed by atoms with van der Waals surface area (Å²) in [6.45, 7) is 3.68. The lowest BCUT2D eigenvalue weighted by molar-refractivity contribution is -0.142. The molecule has 2 heterocycles. The van der Waals surface area contributed by atoms with Gasteiger partial charge in [-0.3, -0.25) is 4.98 Å². The zero-order chi connectivity index (χ0) is 14.0. The number of alkyl halides is 3. The number of hydrogen-bond acceptors (Lipinski definition) is 3. The predicted molar refractivity (Wildman–Crippen MR) is 62.3 cm³/mol. The van der Waals surface area contributed by atoms with Crippen molar-refractivity contribution in [1.82, 2.24) is 14.8 Å². The van der Waals surface area contributed by atoms with E-state index in [9.17, 15) is 13.2 Å². The maximum absolute atomic E-state index is 12.9. The number of nitrogens with zero attached hydrogens (tertiary/aromatic N) is 3. The van der Waals surface area contributed by atoms with E-state index < -0.39 is 11.9 Å². The van der Waals surface area contributed by atoms with Gasteiger partial charge in [0.2, 0.25) is 5.88 Å². The molecule has 7 heteroatoms. The van der Waals surface area contributed by atoms with Crippen LogP contribution in [0.4, 0.5) is 13.2 Å². The van der Waals surface area contributed by atoms with Crippen molar-refractivity contribution < 1.29 is 17.9 Å². The number of pyridine rings is 1. The number of aromatic nitrogens is 3.